The maximum absolute atomic E-state index is 12.2. The Labute approximate surface area is 134 Å². The van der Waals surface area contributed by atoms with Crippen molar-refractivity contribution in [3.05, 3.63) is 51.2 Å². The molecule has 0 aliphatic heterocycles. The number of halogens is 2. The van der Waals surface area contributed by atoms with Crippen molar-refractivity contribution in [2.75, 3.05) is 24.3 Å². The average Bonchev–Trinajstić information content (AvgIpc) is 2.39. The first-order chi connectivity index (χ1) is 9.47. The predicted octanol–water partition coefficient (Wildman–Crippen LogP) is 3.92. The van der Waals surface area contributed by atoms with Crippen molar-refractivity contribution in [1.29, 1.82) is 0 Å². The van der Waals surface area contributed by atoms with Crippen LogP contribution in [0.25, 0.3) is 0 Å². The summed E-state index contributed by atoms with van der Waals surface area (Å²) >= 11 is 6.70. The van der Waals surface area contributed by atoms with Gasteiger partial charge in [0.25, 0.3) is 5.91 Å². The first kappa shape index (κ1) is 15.0. The van der Waals surface area contributed by atoms with Gasteiger partial charge in [-0.15, -0.1) is 0 Å². The third-order valence-electron chi connectivity index (χ3n) is 2.65. The van der Waals surface area contributed by atoms with Crippen molar-refractivity contribution in [1.82, 2.24) is 4.98 Å². The molecule has 2 aromatic rings. The Hall–Kier alpha value is -1.40. The molecule has 0 fully saturated rings. The first-order valence-electron chi connectivity index (χ1n) is 5.87. The number of carbonyl (C=O) groups is 1. The number of rotatable bonds is 3. The Kier molecular flexibility index (Phi) is 4.77. The number of nitrogens with zero attached hydrogens (tertiary/aromatic N) is 2. The molecule has 2 rings (SSSR count). The quantitative estimate of drug-likeness (QED) is 0.851. The Morgan fingerprint density at radius 2 is 1.85 bits per heavy atom. The van der Waals surface area contributed by atoms with Crippen LogP contribution in [0.2, 0.25) is 0 Å². The molecule has 0 aliphatic rings. The van der Waals surface area contributed by atoms with Crippen molar-refractivity contribution >= 4 is 49.1 Å². The van der Waals surface area contributed by atoms with Crippen LogP contribution in [0.15, 0.2) is 45.5 Å². The van der Waals surface area contributed by atoms with E-state index in [1.54, 1.807) is 18.3 Å². The molecule has 0 saturated heterocycles. The van der Waals surface area contributed by atoms with E-state index in [1.807, 2.05) is 37.2 Å². The number of amides is 1. The Balaban J connectivity index is 2.27. The lowest BCUT2D eigenvalue weighted by Crippen LogP contribution is -2.17. The highest BCUT2D eigenvalue weighted by molar-refractivity contribution is 9.10. The molecule has 1 aromatic heterocycles. The molecule has 0 atom stereocenters. The van der Waals surface area contributed by atoms with Crippen molar-refractivity contribution in [2.45, 2.75) is 0 Å². The van der Waals surface area contributed by atoms with Crippen molar-refractivity contribution in [3.63, 3.8) is 0 Å². The molecular formula is C14H13Br2N3O. The van der Waals surface area contributed by atoms with Gasteiger partial charge in [-0.05, 0) is 46.3 Å². The van der Waals surface area contributed by atoms with E-state index < -0.39 is 0 Å². The summed E-state index contributed by atoms with van der Waals surface area (Å²) in [4.78, 5) is 18.2. The number of carbonyl (C=O) groups excluding carboxylic acids is 1. The minimum absolute atomic E-state index is 0.237. The van der Waals surface area contributed by atoms with E-state index in [0.29, 0.717) is 5.69 Å². The van der Waals surface area contributed by atoms with Crippen LogP contribution in [0.1, 0.15) is 10.5 Å². The van der Waals surface area contributed by atoms with E-state index in [-0.39, 0.29) is 5.91 Å². The minimum Gasteiger partial charge on any atom is -0.376 e. The molecule has 1 amide bonds. The van der Waals surface area contributed by atoms with Crippen LogP contribution in [0.5, 0.6) is 0 Å². The SMILES string of the molecule is CN(C)c1ccc(Br)cc1NC(=O)c1ccc(Br)cn1. The number of pyridine rings is 1. The van der Waals surface area contributed by atoms with Crippen LogP contribution < -0.4 is 10.2 Å². The number of benzene rings is 1. The molecule has 1 N–H and O–H groups in total. The second-order valence-corrected chi connectivity index (χ2v) is 6.20. The molecule has 0 radical (unpaired) electrons. The van der Waals surface area contributed by atoms with E-state index in [0.717, 1.165) is 20.3 Å². The molecule has 104 valence electrons. The maximum atomic E-state index is 12.2. The summed E-state index contributed by atoms with van der Waals surface area (Å²) in [6, 6.07) is 9.20. The van der Waals surface area contributed by atoms with Gasteiger partial charge in [-0.25, -0.2) is 4.98 Å². The summed E-state index contributed by atoms with van der Waals surface area (Å²) in [6.07, 6.45) is 1.60. The zero-order valence-corrected chi connectivity index (χ0v) is 14.2. The number of nitrogens with one attached hydrogen (secondary N) is 1. The zero-order chi connectivity index (χ0) is 14.7. The zero-order valence-electron chi connectivity index (χ0n) is 11.0. The smallest absolute Gasteiger partial charge is 0.274 e. The minimum atomic E-state index is -0.237. The molecule has 20 heavy (non-hydrogen) atoms. The summed E-state index contributed by atoms with van der Waals surface area (Å²) in [5.41, 5.74) is 2.04. The van der Waals surface area contributed by atoms with Gasteiger partial charge < -0.3 is 10.2 Å². The average molecular weight is 399 g/mol. The number of aromatic nitrogens is 1. The van der Waals surface area contributed by atoms with Gasteiger partial charge in [0.2, 0.25) is 0 Å². The molecule has 1 aromatic carbocycles. The van der Waals surface area contributed by atoms with Gasteiger partial charge >= 0.3 is 0 Å². The fraction of sp³-hybridized carbons (Fsp3) is 0.143. The summed E-state index contributed by atoms with van der Waals surface area (Å²) in [6.45, 7) is 0. The maximum Gasteiger partial charge on any atom is 0.274 e. The van der Waals surface area contributed by atoms with Gasteiger partial charge in [0.05, 0.1) is 11.4 Å². The van der Waals surface area contributed by atoms with Gasteiger partial charge in [0.1, 0.15) is 5.69 Å². The molecule has 0 aliphatic carbocycles. The summed E-state index contributed by atoms with van der Waals surface area (Å²) in [5.74, 6) is -0.237. The second-order valence-electron chi connectivity index (χ2n) is 4.37. The van der Waals surface area contributed by atoms with Crippen molar-refractivity contribution < 1.29 is 4.79 Å². The largest absolute Gasteiger partial charge is 0.376 e. The van der Waals surface area contributed by atoms with Crippen LogP contribution in [-0.2, 0) is 0 Å². The number of hydrogen-bond donors (Lipinski definition) is 1. The van der Waals surface area contributed by atoms with Gasteiger partial charge in [-0.1, -0.05) is 15.9 Å². The van der Waals surface area contributed by atoms with Crippen molar-refractivity contribution in [3.8, 4) is 0 Å². The highest BCUT2D eigenvalue weighted by Gasteiger charge is 2.11. The third-order valence-corrected chi connectivity index (χ3v) is 3.61. The highest BCUT2D eigenvalue weighted by atomic mass is 79.9. The molecule has 4 nitrogen and oxygen atoms in total. The summed E-state index contributed by atoms with van der Waals surface area (Å²) < 4.78 is 1.74. The lowest BCUT2D eigenvalue weighted by molar-refractivity contribution is 0.102. The molecule has 0 bridgehead atoms. The summed E-state index contributed by atoms with van der Waals surface area (Å²) in [5, 5.41) is 2.88. The van der Waals surface area contributed by atoms with Crippen LogP contribution in [0.4, 0.5) is 11.4 Å². The van der Waals surface area contributed by atoms with Crippen LogP contribution >= 0.6 is 31.9 Å². The monoisotopic (exact) mass is 397 g/mol. The molecule has 0 saturated carbocycles. The Morgan fingerprint density at radius 1 is 1.15 bits per heavy atom. The van der Waals surface area contributed by atoms with E-state index in [1.165, 1.54) is 0 Å². The lowest BCUT2D eigenvalue weighted by Gasteiger charge is -2.18. The predicted molar refractivity (Wildman–Crippen MR) is 88.4 cm³/mol. The van der Waals surface area contributed by atoms with Gasteiger partial charge in [0.15, 0.2) is 0 Å². The van der Waals surface area contributed by atoms with Gasteiger partial charge in [-0.2, -0.15) is 0 Å². The Morgan fingerprint density at radius 3 is 2.45 bits per heavy atom. The molecule has 1 heterocycles. The van der Waals surface area contributed by atoms with E-state index in [4.69, 9.17) is 0 Å². The first-order valence-corrected chi connectivity index (χ1v) is 7.46. The van der Waals surface area contributed by atoms with E-state index >= 15 is 0 Å². The lowest BCUT2D eigenvalue weighted by atomic mass is 10.2. The normalized spacial score (nSPS) is 10.2. The number of hydrogen-bond acceptors (Lipinski definition) is 3. The van der Waals surface area contributed by atoms with E-state index in [9.17, 15) is 4.79 Å². The topological polar surface area (TPSA) is 45.2 Å². The van der Waals surface area contributed by atoms with Gasteiger partial charge in [-0.3, -0.25) is 4.79 Å². The van der Waals surface area contributed by atoms with Crippen LogP contribution in [-0.4, -0.2) is 25.0 Å². The second kappa shape index (κ2) is 6.37. The fourth-order valence-electron chi connectivity index (χ4n) is 1.69. The highest BCUT2D eigenvalue weighted by Crippen LogP contribution is 2.28. The number of anilines is 2. The van der Waals surface area contributed by atoms with Crippen LogP contribution in [0, 0.1) is 0 Å². The standard InChI is InChI=1S/C14H13Br2N3O/c1-19(2)13-6-4-9(15)7-12(13)18-14(20)11-5-3-10(16)8-17-11/h3-8H,1-2H3,(H,18,20). The molecule has 0 unspecified atom stereocenters. The third kappa shape index (κ3) is 3.58. The molecule has 0 spiro atoms. The van der Waals surface area contributed by atoms with E-state index in [2.05, 4.69) is 42.2 Å². The van der Waals surface area contributed by atoms with Crippen LogP contribution in [0.3, 0.4) is 0 Å². The van der Waals surface area contributed by atoms with Crippen molar-refractivity contribution in [2.24, 2.45) is 0 Å². The molecule has 6 heteroatoms. The van der Waals surface area contributed by atoms with Gasteiger partial charge in [0, 0.05) is 29.2 Å². The fourth-order valence-corrected chi connectivity index (χ4v) is 2.29. The summed E-state index contributed by atoms with van der Waals surface area (Å²) in [7, 11) is 3.85. The Bertz CT molecular complexity index is 627. The molecular weight excluding hydrogens is 386 g/mol.